The molecule has 0 saturated carbocycles. The monoisotopic (exact) mass is 403 g/mol. The topological polar surface area (TPSA) is 33.5 Å². The molecule has 0 N–H and O–H groups in total. The Morgan fingerprint density at radius 1 is 1.08 bits per heavy atom. The fraction of sp³-hybridized carbons (Fsp3) is 0.250. The van der Waals surface area contributed by atoms with E-state index in [0.717, 1.165) is 26.5 Å². The van der Waals surface area contributed by atoms with Crippen molar-refractivity contribution in [2.45, 2.75) is 26.9 Å². The van der Waals surface area contributed by atoms with Crippen molar-refractivity contribution in [1.82, 2.24) is 4.90 Å². The Hall–Kier alpha value is -1.98. The molecule has 3 aromatic rings. The summed E-state index contributed by atoms with van der Waals surface area (Å²) in [4.78, 5) is 13.9. The molecule has 0 unspecified atom stereocenters. The summed E-state index contributed by atoms with van der Waals surface area (Å²) in [6.45, 7) is 4.91. The van der Waals surface area contributed by atoms with Crippen molar-refractivity contribution in [2.24, 2.45) is 0 Å². The van der Waals surface area contributed by atoms with Crippen LogP contribution < -0.4 is 5.63 Å². The van der Waals surface area contributed by atoms with Gasteiger partial charge in [0.1, 0.15) is 11.4 Å². The zero-order valence-corrected chi connectivity index (χ0v) is 16.0. The Morgan fingerprint density at radius 3 is 2.56 bits per heavy atom. The van der Waals surface area contributed by atoms with E-state index in [4.69, 9.17) is 4.42 Å². The molecule has 130 valence electrons. The van der Waals surface area contributed by atoms with Crippen LogP contribution in [-0.2, 0) is 13.1 Å². The number of benzene rings is 2. The Balaban J connectivity index is 1.93. The molecule has 0 saturated heterocycles. The maximum absolute atomic E-state index is 14.0. The molecular weight excluding hydrogens is 385 g/mol. The Bertz CT molecular complexity index is 997. The van der Waals surface area contributed by atoms with E-state index < -0.39 is 0 Å². The van der Waals surface area contributed by atoms with E-state index in [2.05, 4.69) is 15.9 Å². The highest BCUT2D eigenvalue weighted by Crippen LogP contribution is 2.24. The van der Waals surface area contributed by atoms with Crippen LogP contribution in [0.5, 0.6) is 0 Å². The minimum absolute atomic E-state index is 0.237. The number of rotatable bonds is 4. The molecule has 0 aliphatic rings. The molecule has 1 aromatic heterocycles. The predicted molar refractivity (Wildman–Crippen MR) is 101 cm³/mol. The molecular formula is C20H19BrFNO2. The molecule has 3 nitrogen and oxygen atoms in total. The van der Waals surface area contributed by atoms with Gasteiger partial charge in [-0.05, 0) is 55.8 Å². The van der Waals surface area contributed by atoms with Gasteiger partial charge in [-0.3, -0.25) is 4.90 Å². The lowest BCUT2D eigenvalue weighted by atomic mass is 10.0. The number of aryl methyl sites for hydroxylation is 2. The van der Waals surface area contributed by atoms with Gasteiger partial charge in [-0.25, -0.2) is 9.18 Å². The molecule has 0 atom stereocenters. The second-order valence-corrected chi connectivity index (χ2v) is 7.30. The van der Waals surface area contributed by atoms with Crippen molar-refractivity contribution in [2.75, 3.05) is 7.05 Å². The normalized spacial score (nSPS) is 11.4. The molecule has 1 heterocycles. The summed E-state index contributed by atoms with van der Waals surface area (Å²) in [7, 11) is 1.90. The molecule has 0 aliphatic carbocycles. The van der Waals surface area contributed by atoms with Gasteiger partial charge in [-0.1, -0.05) is 28.1 Å². The van der Waals surface area contributed by atoms with Crippen molar-refractivity contribution in [1.29, 1.82) is 0 Å². The van der Waals surface area contributed by atoms with E-state index in [1.54, 1.807) is 12.1 Å². The van der Waals surface area contributed by atoms with E-state index in [1.807, 2.05) is 37.9 Å². The molecule has 5 heteroatoms. The van der Waals surface area contributed by atoms with E-state index in [1.165, 1.54) is 12.1 Å². The van der Waals surface area contributed by atoms with E-state index in [0.29, 0.717) is 24.2 Å². The average molecular weight is 404 g/mol. The second kappa shape index (κ2) is 7.10. The molecule has 3 rings (SSSR count). The van der Waals surface area contributed by atoms with Crippen molar-refractivity contribution < 1.29 is 8.81 Å². The molecule has 0 radical (unpaired) electrons. The zero-order valence-electron chi connectivity index (χ0n) is 14.4. The smallest absolute Gasteiger partial charge is 0.336 e. The first kappa shape index (κ1) is 17.8. The molecule has 0 amide bonds. The molecule has 0 aliphatic heterocycles. The number of fused-ring (bicyclic) bond motifs is 1. The lowest BCUT2D eigenvalue weighted by Gasteiger charge is -2.18. The predicted octanol–water partition coefficient (Wildman–Crippen LogP) is 4.94. The first-order valence-electron chi connectivity index (χ1n) is 8.00. The summed E-state index contributed by atoms with van der Waals surface area (Å²) in [6, 6.07) is 10.4. The van der Waals surface area contributed by atoms with Crippen molar-refractivity contribution in [3.63, 3.8) is 0 Å². The van der Waals surface area contributed by atoms with Gasteiger partial charge < -0.3 is 4.42 Å². The summed E-state index contributed by atoms with van der Waals surface area (Å²) in [5, 5.41) is 0.921. The van der Waals surface area contributed by atoms with Gasteiger partial charge in [0.2, 0.25) is 0 Å². The fourth-order valence-corrected chi connectivity index (χ4v) is 3.37. The SMILES string of the molecule is Cc1ccc2c(CN(C)Cc3cc(Br)ccc3F)cc(=O)oc2c1C. The molecule has 0 fully saturated rings. The third-order valence-corrected chi connectivity index (χ3v) is 4.90. The van der Waals surface area contributed by atoms with Crippen LogP contribution in [0.1, 0.15) is 22.3 Å². The highest BCUT2D eigenvalue weighted by Gasteiger charge is 2.13. The summed E-state index contributed by atoms with van der Waals surface area (Å²) >= 11 is 3.37. The van der Waals surface area contributed by atoms with Crippen LogP contribution in [0.2, 0.25) is 0 Å². The molecule has 0 spiro atoms. The first-order chi connectivity index (χ1) is 11.8. The van der Waals surface area contributed by atoms with E-state index >= 15 is 0 Å². The Labute approximate surface area is 154 Å². The summed E-state index contributed by atoms with van der Waals surface area (Å²) in [6.07, 6.45) is 0. The fourth-order valence-electron chi connectivity index (χ4n) is 2.96. The van der Waals surface area contributed by atoms with Gasteiger partial charge in [0.05, 0.1) is 0 Å². The third-order valence-electron chi connectivity index (χ3n) is 4.41. The summed E-state index contributed by atoms with van der Waals surface area (Å²) < 4.78 is 20.2. The lowest BCUT2D eigenvalue weighted by molar-refractivity contribution is 0.314. The number of hydrogen-bond acceptors (Lipinski definition) is 3. The highest BCUT2D eigenvalue weighted by molar-refractivity contribution is 9.10. The van der Waals surface area contributed by atoms with Crippen LogP contribution in [0.25, 0.3) is 11.0 Å². The largest absolute Gasteiger partial charge is 0.422 e. The van der Waals surface area contributed by atoms with Gasteiger partial charge in [-0.2, -0.15) is 0 Å². The van der Waals surface area contributed by atoms with Gasteiger partial charge in [0.25, 0.3) is 0 Å². The Morgan fingerprint density at radius 2 is 1.80 bits per heavy atom. The van der Waals surface area contributed by atoms with E-state index in [9.17, 15) is 9.18 Å². The summed E-state index contributed by atoms with van der Waals surface area (Å²) in [5.74, 6) is -0.237. The lowest BCUT2D eigenvalue weighted by Crippen LogP contribution is -2.19. The molecule has 2 aromatic carbocycles. The van der Waals surface area contributed by atoms with Crippen LogP contribution >= 0.6 is 15.9 Å². The van der Waals surface area contributed by atoms with Crippen molar-refractivity contribution in [3.8, 4) is 0 Å². The van der Waals surface area contributed by atoms with Crippen LogP contribution in [0.15, 0.2) is 50.1 Å². The van der Waals surface area contributed by atoms with Crippen molar-refractivity contribution >= 4 is 26.9 Å². The molecule has 25 heavy (non-hydrogen) atoms. The van der Waals surface area contributed by atoms with Crippen molar-refractivity contribution in [3.05, 3.63) is 79.4 Å². The van der Waals surface area contributed by atoms with Gasteiger partial charge in [0, 0.05) is 34.6 Å². The first-order valence-corrected chi connectivity index (χ1v) is 8.80. The average Bonchev–Trinajstić information content (AvgIpc) is 2.54. The minimum atomic E-state index is -0.363. The summed E-state index contributed by atoms with van der Waals surface area (Å²) in [5.41, 5.74) is 3.81. The number of nitrogens with zero attached hydrogens (tertiary/aromatic N) is 1. The third kappa shape index (κ3) is 3.83. The van der Waals surface area contributed by atoms with Crippen LogP contribution in [0.3, 0.4) is 0 Å². The maximum atomic E-state index is 14.0. The standard InChI is InChI=1S/C20H19BrFNO2/c1-12-4-6-17-14(9-19(24)25-20(17)13(12)2)10-23(3)11-15-8-16(21)5-7-18(15)22/h4-9H,10-11H2,1-3H3. The molecule has 0 bridgehead atoms. The van der Waals surface area contributed by atoms with Gasteiger partial charge >= 0.3 is 5.63 Å². The number of hydrogen-bond donors (Lipinski definition) is 0. The van der Waals surface area contributed by atoms with E-state index in [-0.39, 0.29) is 11.4 Å². The minimum Gasteiger partial charge on any atom is -0.422 e. The Kier molecular flexibility index (Phi) is 5.06. The van der Waals surface area contributed by atoms with Crippen LogP contribution in [-0.4, -0.2) is 11.9 Å². The zero-order chi connectivity index (χ0) is 18.1. The van der Waals surface area contributed by atoms with Crippen LogP contribution in [0.4, 0.5) is 4.39 Å². The quantitative estimate of drug-likeness (QED) is 0.578. The highest BCUT2D eigenvalue weighted by atomic mass is 79.9. The van der Waals surface area contributed by atoms with Gasteiger partial charge in [-0.15, -0.1) is 0 Å². The maximum Gasteiger partial charge on any atom is 0.336 e. The number of halogens is 2. The second-order valence-electron chi connectivity index (χ2n) is 6.38. The van der Waals surface area contributed by atoms with Crippen LogP contribution in [0, 0.1) is 19.7 Å². The van der Waals surface area contributed by atoms with Gasteiger partial charge in [0.15, 0.2) is 0 Å².